The highest BCUT2D eigenvalue weighted by Gasteiger charge is 2.26. The normalized spacial score (nSPS) is 11.3. The number of rotatable bonds is 4. The Kier molecular flexibility index (Phi) is 5.08. The van der Waals surface area contributed by atoms with Crippen molar-refractivity contribution in [2.24, 2.45) is 0 Å². The summed E-state index contributed by atoms with van der Waals surface area (Å²) in [6.07, 6.45) is 1.63. The van der Waals surface area contributed by atoms with Crippen LogP contribution in [0.25, 0.3) is 32.0 Å². The Bertz CT molecular complexity index is 1800. The number of pyridine rings is 1. The minimum absolute atomic E-state index is 0.0784. The van der Waals surface area contributed by atoms with Crippen molar-refractivity contribution in [2.75, 3.05) is 4.90 Å². The molecule has 0 fully saturated rings. The first kappa shape index (κ1) is 21.1. The average Bonchev–Trinajstić information content (AvgIpc) is 3.30. The van der Waals surface area contributed by atoms with Crippen LogP contribution in [0.2, 0.25) is 0 Å². The van der Waals surface area contributed by atoms with E-state index in [9.17, 15) is 14.0 Å². The molecule has 0 spiro atoms. The molecule has 0 unspecified atom stereocenters. The average molecular weight is 482 g/mol. The summed E-state index contributed by atoms with van der Waals surface area (Å²) >= 11 is 1.17. The molecule has 170 valence electrons. The number of hydrogen-bond donors (Lipinski definition) is 0. The van der Waals surface area contributed by atoms with Crippen molar-refractivity contribution >= 4 is 54.3 Å². The summed E-state index contributed by atoms with van der Waals surface area (Å²) in [4.78, 5) is 37.0. The lowest BCUT2D eigenvalue weighted by Crippen LogP contribution is -2.34. The summed E-state index contributed by atoms with van der Waals surface area (Å²) in [7, 11) is 0. The van der Waals surface area contributed by atoms with E-state index in [1.165, 1.54) is 28.4 Å². The molecule has 6 aromatic rings. The first-order valence-electron chi connectivity index (χ1n) is 10.8. The maximum Gasteiger partial charge on any atom is 0.349 e. The monoisotopic (exact) mass is 481 g/mol. The molecule has 6 rings (SSSR count). The van der Waals surface area contributed by atoms with Crippen LogP contribution in [0.5, 0.6) is 0 Å². The van der Waals surface area contributed by atoms with Gasteiger partial charge in [0.05, 0.1) is 22.5 Å². The van der Waals surface area contributed by atoms with Gasteiger partial charge in [0, 0.05) is 11.6 Å². The van der Waals surface area contributed by atoms with E-state index in [-0.39, 0.29) is 12.1 Å². The van der Waals surface area contributed by atoms with Gasteiger partial charge < -0.3 is 4.42 Å². The Morgan fingerprint density at radius 2 is 1.83 bits per heavy atom. The second-order valence-corrected chi connectivity index (χ2v) is 8.98. The number of anilines is 1. The highest BCUT2D eigenvalue weighted by atomic mass is 32.1. The fraction of sp³-hybridized carbons (Fsp3) is 0.0370. The third kappa shape index (κ3) is 3.83. The molecule has 0 radical (unpaired) electrons. The van der Waals surface area contributed by atoms with Gasteiger partial charge >= 0.3 is 5.63 Å². The van der Waals surface area contributed by atoms with Crippen LogP contribution in [0.15, 0.2) is 94.3 Å². The number of hydrogen-bond acceptors (Lipinski definition) is 6. The quantitative estimate of drug-likeness (QED) is 0.230. The Balaban J connectivity index is 1.52. The molecule has 0 atom stereocenters. The maximum atomic E-state index is 13.8. The Labute approximate surface area is 201 Å². The molecule has 1 amide bonds. The lowest BCUT2D eigenvalue weighted by atomic mass is 10.0. The van der Waals surface area contributed by atoms with Crippen molar-refractivity contribution in [1.29, 1.82) is 0 Å². The first-order chi connectivity index (χ1) is 17.1. The molecule has 3 heterocycles. The number of nitrogens with zero attached hydrogens (tertiary/aromatic N) is 3. The Morgan fingerprint density at radius 1 is 0.971 bits per heavy atom. The molecule has 3 aromatic carbocycles. The van der Waals surface area contributed by atoms with Gasteiger partial charge in [-0.25, -0.2) is 14.2 Å². The predicted molar refractivity (Wildman–Crippen MR) is 134 cm³/mol. The highest BCUT2D eigenvalue weighted by molar-refractivity contribution is 7.22. The number of benzene rings is 3. The molecule has 0 bridgehead atoms. The number of fused-ring (bicyclic) bond motifs is 4. The van der Waals surface area contributed by atoms with Crippen molar-refractivity contribution in [2.45, 2.75) is 6.54 Å². The molecule has 0 N–H and O–H groups in total. The third-order valence-electron chi connectivity index (χ3n) is 5.73. The Hall–Kier alpha value is -4.43. The molecule has 0 aliphatic carbocycles. The molecule has 0 saturated heterocycles. The zero-order valence-corrected chi connectivity index (χ0v) is 19.0. The van der Waals surface area contributed by atoms with Crippen LogP contribution in [-0.2, 0) is 6.54 Å². The number of amides is 1. The van der Waals surface area contributed by atoms with E-state index in [4.69, 9.17) is 4.42 Å². The van der Waals surface area contributed by atoms with E-state index in [0.717, 1.165) is 10.8 Å². The zero-order valence-electron chi connectivity index (χ0n) is 18.1. The zero-order chi connectivity index (χ0) is 23.9. The summed E-state index contributed by atoms with van der Waals surface area (Å²) in [6.45, 7) is 0.0784. The van der Waals surface area contributed by atoms with Gasteiger partial charge in [-0.3, -0.25) is 14.7 Å². The molecule has 3 aromatic heterocycles. The maximum absolute atomic E-state index is 13.8. The summed E-state index contributed by atoms with van der Waals surface area (Å²) in [5, 5.41) is 2.83. The van der Waals surface area contributed by atoms with Gasteiger partial charge in [0.2, 0.25) is 0 Å². The molecule has 6 nitrogen and oxygen atoms in total. The number of aromatic nitrogens is 2. The molecule has 0 aliphatic heterocycles. The van der Waals surface area contributed by atoms with Crippen molar-refractivity contribution in [3.8, 4) is 0 Å². The second kappa shape index (κ2) is 8.41. The van der Waals surface area contributed by atoms with Crippen LogP contribution in [0, 0.1) is 5.82 Å². The smallest absolute Gasteiger partial charge is 0.349 e. The summed E-state index contributed by atoms with van der Waals surface area (Å²) in [5.41, 5.74) is 0.715. The summed E-state index contributed by atoms with van der Waals surface area (Å²) < 4.78 is 19.9. The van der Waals surface area contributed by atoms with E-state index in [2.05, 4.69) is 9.97 Å². The van der Waals surface area contributed by atoms with Gasteiger partial charge in [0.1, 0.15) is 17.0 Å². The van der Waals surface area contributed by atoms with E-state index in [0.29, 0.717) is 32.0 Å². The van der Waals surface area contributed by atoms with Crippen LogP contribution < -0.4 is 10.5 Å². The lowest BCUT2D eigenvalue weighted by molar-refractivity contribution is 0.0981. The SMILES string of the molecule is O=C(c1cc2c(ccc3ccccc32)oc1=O)N(Cc1ccccn1)c1nc2ccc(F)cc2s1. The van der Waals surface area contributed by atoms with E-state index in [1.807, 2.05) is 36.4 Å². The molecule has 35 heavy (non-hydrogen) atoms. The number of carbonyl (C=O) groups is 1. The summed E-state index contributed by atoms with van der Waals surface area (Å²) in [5.74, 6) is -0.962. The van der Waals surface area contributed by atoms with Crippen molar-refractivity contribution in [1.82, 2.24) is 9.97 Å². The predicted octanol–water partition coefficient (Wildman–Crippen LogP) is 5.94. The highest BCUT2D eigenvalue weighted by Crippen LogP contribution is 2.32. The van der Waals surface area contributed by atoms with Crippen LogP contribution in [0.4, 0.5) is 9.52 Å². The van der Waals surface area contributed by atoms with Crippen LogP contribution in [0.3, 0.4) is 0 Å². The fourth-order valence-electron chi connectivity index (χ4n) is 4.05. The number of halogens is 1. The van der Waals surface area contributed by atoms with Gasteiger partial charge in [-0.2, -0.15) is 0 Å². The van der Waals surface area contributed by atoms with Gasteiger partial charge in [0.25, 0.3) is 5.91 Å². The Morgan fingerprint density at radius 3 is 2.69 bits per heavy atom. The van der Waals surface area contributed by atoms with E-state index in [1.54, 1.807) is 36.5 Å². The van der Waals surface area contributed by atoms with Gasteiger partial charge in [0.15, 0.2) is 5.13 Å². The molecular weight excluding hydrogens is 465 g/mol. The van der Waals surface area contributed by atoms with Crippen LogP contribution >= 0.6 is 11.3 Å². The molecule has 0 saturated carbocycles. The van der Waals surface area contributed by atoms with E-state index >= 15 is 0 Å². The first-order valence-corrected chi connectivity index (χ1v) is 11.6. The minimum atomic E-state index is -0.740. The van der Waals surface area contributed by atoms with E-state index < -0.39 is 17.3 Å². The molecular formula is C27H16FN3O3S. The van der Waals surface area contributed by atoms with Crippen molar-refractivity contribution in [3.63, 3.8) is 0 Å². The standard InChI is InChI=1S/C27H16FN3O3S/c28-17-9-10-22-24(13-17)35-27(30-22)31(15-18-6-3-4-12-29-18)25(32)21-14-20-19-7-2-1-5-16(19)8-11-23(20)34-26(21)33/h1-14H,15H2. The fourth-order valence-corrected chi connectivity index (χ4v) is 5.04. The van der Waals surface area contributed by atoms with Crippen molar-refractivity contribution < 1.29 is 13.6 Å². The van der Waals surface area contributed by atoms with Gasteiger partial charge in [-0.05, 0) is 53.2 Å². The largest absolute Gasteiger partial charge is 0.422 e. The van der Waals surface area contributed by atoms with Gasteiger partial charge in [-0.15, -0.1) is 0 Å². The van der Waals surface area contributed by atoms with Crippen LogP contribution in [-0.4, -0.2) is 15.9 Å². The summed E-state index contributed by atoms with van der Waals surface area (Å²) in [6, 6.07) is 22.5. The lowest BCUT2D eigenvalue weighted by Gasteiger charge is -2.19. The minimum Gasteiger partial charge on any atom is -0.422 e. The third-order valence-corrected chi connectivity index (χ3v) is 6.77. The topological polar surface area (TPSA) is 76.3 Å². The molecule has 0 aliphatic rings. The van der Waals surface area contributed by atoms with Crippen molar-refractivity contribution in [3.05, 3.63) is 113 Å². The number of carbonyl (C=O) groups excluding carboxylic acids is 1. The molecule has 8 heteroatoms. The second-order valence-electron chi connectivity index (χ2n) is 7.97. The van der Waals surface area contributed by atoms with Crippen LogP contribution in [0.1, 0.15) is 16.1 Å². The number of thiazole rings is 1. The van der Waals surface area contributed by atoms with Gasteiger partial charge in [-0.1, -0.05) is 47.7 Å².